The van der Waals surface area contributed by atoms with E-state index in [-0.39, 0.29) is 24.4 Å². The van der Waals surface area contributed by atoms with Crippen LogP contribution in [0.5, 0.6) is 0 Å². The van der Waals surface area contributed by atoms with Gasteiger partial charge in [-0.3, -0.25) is 4.79 Å². The van der Waals surface area contributed by atoms with Crippen LogP contribution < -0.4 is 5.32 Å². The average Bonchev–Trinajstić information content (AvgIpc) is 2.75. The quantitative estimate of drug-likeness (QED) is 0.606. The minimum atomic E-state index is -0.278. The summed E-state index contributed by atoms with van der Waals surface area (Å²) in [4.78, 5) is 13.0. The summed E-state index contributed by atoms with van der Waals surface area (Å²) < 4.78 is 0. The second-order valence-electron chi connectivity index (χ2n) is 12.1. The molecule has 2 aliphatic rings. The molecule has 1 N–H and O–H groups in total. The average molecular weight is 366 g/mol. The minimum Gasteiger partial charge on any atom is -0.303 e. The smallest absolute Gasteiger partial charge is 0.155 e. The summed E-state index contributed by atoms with van der Waals surface area (Å²) in [5, 5.41) is 3.63. The number of hydrogen-bond acceptors (Lipinski definition) is 2. The number of carbonyl (C=O) groups excluding carboxylic acids is 1. The molecule has 0 aromatic carbocycles. The van der Waals surface area contributed by atoms with Gasteiger partial charge < -0.3 is 5.32 Å². The third-order valence-electron chi connectivity index (χ3n) is 8.08. The summed E-state index contributed by atoms with van der Waals surface area (Å²) in [5.74, 6) is 1.05. The first kappa shape index (κ1) is 23.7. The van der Waals surface area contributed by atoms with Crippen LogP contribution in [0.2, 0.25) is 0 Å². The van der Waals surface area contributed by atoms with Crippen LogP contribution in [0.4, 0.5) is 0 Å². The van der Waals surface area contributed by atoms with E-state index >= 15 is 0 Å². The molecule has 2 nitrogen and oxygen atoms in total. The van der Waals surface area contributed by atoms with Gasteiger partial charge in [0.2, 0.25) is 0 Å². The Morgan fingerprint density at radius 2 is 1.38 bits per heavy atom. The fourth-order valence-corrected chi connectivity index (χ4v) is 5.81. The van der Waals surface area contributed by atoms with Crippen molar-refractivity contribution in [3.8, 4) is 0 Å². The highest BCUT2D eigenvalue weighted by Gasteiger charge is 2.75. The summed E-state index contributed by atoms with van der Waals surface area (Å²) in [6.07, 6.45) is 6.25. The fraction of sp³-hybridized carbons (Fsp3) is 0.958. The molecule has 2 saturated carbocycles. The first-order valence-corrected chi connectivity index (χ1v) is 10.4. The third-order valence-corrected chi connectivity index (χ3v) is 8.08. The molecule has 1 atom stereocenters. The van der Waals surface area contributed by atoms with Crippen LogP contribution in [0.15, 0.2) is 0 Å². The molecule has 2 rings (SSSR count). The maximum atomic E-state index is 13.0. The molecule has 0 amide bonds. The third kappa shape index (κ3) is 3.91. The van der Waals surface area contributed by atoms with Gasteiger partial charge in [-0.2, -0.15) is 0 Å². The number of nitrogens with one attached hydrogen (secondary N) is 1. The Kier molecular flexibility index (Phi) is 6.29. The van der Waals surface area contributed by atoms with Crippen molar-refractivity contribution in [1.29, 1.82) is 0 Å². The monoisotopic (exact) mass is 365 g/mol. The zero-order valence-corrected chi connectivity index (χ0v) is 18.6. The molecular weight excluding hydrogens is 318 g/mol. The Morgan fingerprint density at radius 3 is 1.69 bits per heavy atom. The van der Waals surface area contributed by atoms with Crippen molar-refractivity contribution in [3.05, 3.63) is 0 Å². The van der Waals surface area contributed by atoms with E-state index in [9.17, 15) is 4.79 Å². The highest BCUT2D eigenvalue weighted by Crippen LogP contribution is 2.82. The summed E-state index contributed by atoms with van der Waals surface area (Å²) >= 11 is 0. The summed E-state index contributed by atoms with van der Waals surface area (Å²) in [6, 6.07) is -0.0146. The summed E-state index contributed by atoms with van der Waals surface area (Å²) in [5.41, 5.74) is 1.17. The number of hydrogen-bond donors (Lipinski definition) is 1. The Hall–Kier alpha value is -0.370. The molecule has 0 radical (unpaired) electrons. The van der Waals surface area contributed by atoms with Crippen LogP contribution in [-0.2, 0) is 4.79 Å². The first-order chi connectivity index (χ1) is 11.1. The molecule has 26 heavy (non-hydrogen) atoms. The van der Waals surface area contributed by atoms with Crippen molar-refractivity contribution in [1.82, 2.24) is 5.32 Å². The van der Waals surface area contributed by atoms with Crippen LogP contribution >= 0.6 is 0 Å². The van der Waals surface area contributed by atoms with Crippen LogP contribution in [-0.4, -0.2) is 17.4 Å². The zero-order chi connectivity index (χ0) is 19.5. The van der Waals surface area contributed by atoms with Crippen LogP contribution in [0.25, 0.3) is 0 Å². The fourth-order valence-electron chi connectivity index (χ4n) is 5.81. The lowest BCUT2D eigenvalue weighted by molar-refractivity contribution is -0.129. The normalized spacial score (nSPS) is 25.5. The molecule has 0 bridgehead atoms. The lowest BCUT2D eigenvalue weighted by atomic mass is 9.71. The van der Waals surface area contributed by atoms with Crippen molar-refractivity contribution in [3.63, 3.8) is 0 Å². The lowest BCUT2D eigenvalue weighted by Crippen LogP contribution is -2.51. The van der Waals surface area contributed by atoms with E-state index in [0.29, 0.717) is 27.9 Å². The maximum absolute atomic E-state index is 13.0. The van der Waals surface area contributed by atoms with Gasteiger partial charge in [0.25, 0.3) is 0 Å². The van der Waals surface area contributed by atoms with Gasteiger partial charge in [0, 0.05) is 11.0 Å². The van der Waals surface area contributed by atoms with Crippen LogP contribution in [0, 0.1) is 27.6 Å². The molecule has 0 aliphatic heterocycles. The predicted octanol–water partition coefficient (Wildman–Crippen LogP) is 6.63. The van der Waals surface area contributed by atoms with Crippen LogP contribution in [0.3, 0.4) is 0 Å². The first-order valence-electron chi connectivity index (χ1n) is 10.4. The highest BCUT2D eigenvalue weighted by molar-refractivity contribution is 5.88. The minimum absolute atomic E-state index is 0. The molecule has 2 heteroatoms. The van der Waals surface area contributed by atoms with E-state index in [0.717, 1.165) is 6.42 Å². The SMILES string of the molecule is C.CC(C)(C)NC(CC1CCC2(CC1)C(C)(C)C2(C)C)C(=O)C(C)(C)C. The molecule has 0 saturated heterocycles. The summed E-state index contributed by atoms with van der Waals surface area (Å²) in [7, 11) is 0. The second kappa shape index (κ2) is 6.90. The Labute approximate surface area is 164 Å². The largest absolute Gasteiger partial charge is 0.303 e. The van der Waals surface area contributed by atoms with Gasteiger partial charge in [0.15, 0.2) is 5.78 Å². The molecule has 2 fully saturated rings. The van der Waals surface area contributed by atoms with E-state index in [1.807, 2.05) is 0 Å². The van der Waals surface area contributed by atoms with Crippen molar-refractivity contribution in [2.45, 2.75) is 120 Å². The number of carbonyl (C=O) groups is 1. The zero-order valence-electron chi connectivity index (χ0n) is 18.6. The van der Waals surface area contributed by atoms with Gasteiger partial charge in [-0.25, -0.2) is 0 Å². The number of rotatable bonds is 4. The van der Waals surface area contributed by atoms with E-state index in [1.54, 1.807) is 0 Å². The van der Waals surface area contributed by atoms with Crippen molar-refractivity contribution in [2.75, 3.05) is 0 Å². The van der Waals surface area contributed by atoms with Gasteiger partial charge in [0.1, 0.15) is 0 Å². The Bertz CT molecular complexity index is 491. The Morgan fingerprint density at radius 1 is 0.962 bits per heavy atom. The van der Waals surface area contributed by atoms with Gasteiger partial charge in [-0.15, -0.1) is 0 Å². The Balaban J connectivity index is 0.00000338. The van der Waals surface area contributed by atoms with Gasteiger partial charge in [-0.1, -0.05) is 55.9 Å². The standard InChI is InChI=1S/C23H43NO.CH4/c1-19(2,3)18(25)17(24-20(4,5)6)15-16-11-13-23(14-12-16)21(7,8)22(23,9)10;/h16-17,24H,11-15H2,1-10H3;1H4. The van der Waals surface area contributed by atoms with E-state index < -0.39 is 0 Å². The molecule has 1 spiro atoms. The molecule has 154 valence electrons. The molecule has 1 unspecified atom stereocenters. The van der Waals surface area contributed by atoms with E-state index in [2.05, 4.69) is 74.6 Å². The number of ketones is 1. The lowest BCUT2D eigenvalue weighted by Gasteiger charge is -2.37. The topological polar surface area (TPSA) is 29.1 Å². The van der Waals surface area contributed by atoms with Crippen molar-refractivity contribution in [2.24, 2.45) is 27.6 Å². The molecule has 0 aromatic rings. The van der Waals surface area contributed by atoms with Gasteiger partial charge >= 0.3 is 0 Å². The van der Waals surface area contributed by atoms with E-state index in [4.69, 9.17) is 0 Å². The molecule has 0 aromatic heterocycles. The van der Waals surface area contributed by atoms with E-state index in [1.165, 1.54) is 25.7 Å². The predicted molar refractivity (Wildman–Crippen MR) is 114 cm³/mol. The molecular formula is C24H47NO. The van der Waals surface area contributed by atoms with Crippen molar-refractivity contribution >= 4 is 5.78 Å². The van der Waals surface area contributed by atoms with Crippen molar-refractivity contribution < 1.29 is 4.79 Å². The number of Topliss-reactive ketones (excluding diaryl/α,β-unsaturated/α-hetero) is 1. The van der Waals surface area contributed by atoms with Crippen LogP contribution in [0.1, 0.15) is 109 Å². The second-order valence-corrected chi connectivity index (χ2v) is 12.1. The highest BCUT2D eigenvalue weighted by atomic mass is 16.1. The molecule has 2 aliphatic carbocycles. The van der Waals surface area contributed by atoms with Gasteiger partial charge in [0.05, 0.1) is 6.04 Å². The summed E-state index contributed by atoms with van der Waals surface area (Å²) in [6.45, 7) is 22.5. The maximum Gasteiger partial charge on any atom is 0.155 e. The van der Waals surface area contributed by atoms with Gasteiger partial charge in [-0.05, 0) is 75.0 Å². The molecule has 0 heterocycles.